The zero-order chi connectivity index (χ0) is 24.2. The Kier molecular flexibility index (Phi) is 6.00. The predicted molar refractivity (Wildman–Crippen MR) is 133 cm³/mol. The van der Waals surface area contributed by atoms with Crippen molar-refractivity contribution < 1.29 is 21.1 Å². The minimum absolute atomic E-state index is 0. The molecule has 0 saturated carbocycles. The Morgan fingerprint density at radius 1 is 0.639 bits per heavy atom. The maximum Gasteiger partial charge on any atom is 2.00 e. The van der Waals surface area contributed by atoms with Crippen LogP contribution in [0.5, 0.6) is 0 Å². The summed E-state index contributed by atoms with van der Waals surface area (Å²) < 4.78 is 3.83. The summed E-state index contributed by atoms with van der Waals surface area (Å²) in [5.41, 5.74) is 6.32. The van der Waals surface area contributed by atoms with Crippen LogP contribution in [-0.2, 0) is 26.5 Å². The molecule has 0 saturated heterocycles. The van der Waals surface area contributed by atoms with Crippen molar-refractivity contribution in [3.63, 3.8) is 0 Å². The van der Waals surface area contributed by atoms with Crippen LogP contribution in [0.15, 0.2) is 61.2 Å². The van der Waals surface area contributed by atoms with Crippen molar-refractivity contribution in [3.8, 4) is 11.6 Å². The molecule has 0 spiro atoms. The largest absolute Gasteiger partial charge is 2.00 e. The third-order valence-electron chi connectivity index (χ3n) is 6.40. The van der Waals surface area contributed by atoms with Gasteiger partial charge in [0.25, 0.3) is 0 Å². The second-order valence-electron chi connectivity index (χ2n) is 8.96. The number of pyridine rings is 2. The summed E-state index contributed by atoms with van der Waals surface area (Å²) in [6.45, 7) is 8.26. The molecule has 6 rings (SSSR count). The van der Waals surface area contributed by atoms with Gasteiger partial charge in [-0.25, -0.2) is 0 Å². The van der Waals surface area contributed by atoms with E-state index in [0.717, 1.165) is 56.5 Å². The summed E-state index contributed by atoms with van der Waals surface area (Å²) >= 11 is 0. The molecule has 9 heteroatoms. The molecular weight excluding hydrogens is 631 g/mol. The van der Waals surface area contributed by atoms with Gasteiger partial charge in [-0.05, 0) is 49.4 Å². The van der Waals surface area contributed by atoms with E-state index < -0.39 is 5.41 Å². The van der Waals surface area contributed by atoms with E-state index in [4.69, 9.17) is 9.97 Å². The fourth-order valence-electron chi connectivity index (χ4n) is 4.34. The van der Waals surface area contributed by atoms with Crippen molar-refractivity contribution in [2.24, 2.45) is 0 Å². The summed E-state index contributed by atoms with van der Waals surface area (Å²) in [6, 6.07) is 12.0. The Hall–Kier alpha value is -3.77. The van der Waals surface area contributed by atoms with Crippen LogP contribution in [0, 0.1) is 26.2 Å². The molecule has 0 aliphatic rings. The second-order valence-corrected chi connectivity index (χ2v) is 8.96. The third kappa shape index (κ3) is 3.82. The van der Waals surface area contributed by atoms with E-state index in [2.05, 4.69) is 46.2 Å². The summed E-state index contributed by atoms with van der Waals surface area (Å²) in [4.78, 5) is 27.6. The van der Waals surface area contributed by atoms with Crippen LogP contribution in [0.1, 0.15) is 36.6 Å². The van der Waals surface area contributed by atoms with Gasteiger partial charge in [-0.15, -0.1) is 0 Å². The van der Waals surface area contributed by atoms with Crippen LogP contribution in [-0.4, -0.2) is 39.0 Å². The molecule has 0 radical (unpaired) electrons. The van der Waals surface area contributed by atoms with E-state index in [1.165, 1.54) is 0 Å². The fourth-order valence-corrected chi connectivity index (χ4v) is 4.34. The van der Waals surface area contributed by atoms with Crippen molar-refractivity contribution in [3.05, 3.63) is 96.4 Å². The summed E-state index contributed by atoms with van der Waals surface area (Å²) in [7, 11) is 0. The van der Waals surface area contributed by atoms with Crippen LogP contribution in [0.25, 0.3) is 33.7 Å². The first-order valence-corrected chi connectivity index (χ1v) is 11.3. The fraction of sp³-hybridized carbons (Fsp3) is 0.185. The van der Waals surface area contributed by atoms with Gasteiger partial charge >= 0.3 is 21.1 Å². The van der Waals surface area contributed by atoms with Crippen molar-refractivity contribution in [1.29, 1.82) is 0 Å². The summed E-state index contributed by atoms with van der Waals surface area (Å²) in [5.74, 6) is 1.53. The zero-order valence-corrected chi connectivity index (χ0v) is 22.4. The van der Waals surface area contributed by atoms with Gasteiger partial charge in [-0.3, -0.25) is 19.9 Å². The predicted octanol–water partition coefficient (Wildman–Crippen LogP) is 4.49. The first-order valence-electron chi connectivity index (χ1n) is 11.3. The molecule has 0 aliphatic carbocycles. The number of hydrogen-bond donors (Lipinski definition) is 0. The molecule has 0 amide bonds. The molecule has 0 aromatic carbocycles. The van der Waals surface area contributed by atoms with Crippen molar-refractivity contribution in [2.75, 3.05) is 0 Å². The molecule has 0 N–H and O–H groups in total. The minimum atomic E-state index is -0.458. The maximum atomic E-state index is 5.00. The topological polar surface area (TPSA) is 87.2 Å². The van der Waals surface area contributed by atoms with Gasteiger partial charge in [0.2, 0.25) is 0 Å². The van der Waals surface area contributed by atoms with Gasteiger partial charge in [-0.2, -0.15) is 0 Å². The van der Waals surface area contributed by atoms with Gasteiger partial charge in [0, 0.05) is 52.6 Å². The first kappa shape index (κ1) is 23.9. The Bertz CT molecular complexity index is 1590. The van der Waals surface area contributed by atoms with Gasteiger partial charge in [0.1, 0.15) is 0 Å². The monoisotopic (exact) mass is 653 g/mol. The number of fused-ring (bicyclic) bond motifs is 2. The van der Waals surface area contributed by atoms with Crippen LogP contribution in [0.2, 0.25) is 0 Å². The molecule has 0 bridgehead atoms. The normalized spacial score (nSPS) is 11.7. The maximum absolute atomic E-state index is 5.00. The zero-order valence-electron chi connectivity index (χ0n) is 20.2. The van der Waals surface area contributed by atoms with E-state index >= 15 is 0 Å². The van der Waals surface area contributed by atoms with Crippen molar-refractivity contribution in [1.82, 2.24) is 39.0 Å². The van der Waals surface area contributed by atoms with Crippen LogP contribution in [0.3, 0.4) is 0 Å². The molecule has 36 heavy (non-hydrogen) atoms. The molecule has 180 valence electrons. The smallest absolute Gasteiger partial charge is 0.429 e. The molecule has 6 aromatic heterocycles. The van der Waals surface area contributed by atoms with Crippen molar-refractivity contribution >= 4 is 22.1 Å². The van der Waals surface area contributed by atoms with E-state index in [0.29, 0.717) is 0 Å². The number of rotatable bonds is 4. The van der Waals surface area contributed by atoms with E-state index in [1.54, 1.807) is 24.8 Å². The molecule has 0 atom stereocenters. The Balaban J connectivity index is 0.00000267. The standard InChI is InChI=1S/C27H22N8.Pt/c1-17-25-19(28-11-13-30-25)15-34(17)23-9-5-7-21(32-23)27(3,4)22-8-6-10-24(33-22)35-16-20-26(18(35)2)31-14-12-29-20;/h5-14H,1-4H3;/q-2;+2. The average Bonchev–Trinajstić information content (AvgIpc) is 3.41. The molecule has 6 heterocycles. The third-order valence-corrected chi connectivity index (χ3v) is 6.40. The Morgan fingerprint density at radius 2 is 1.06 bits per heavy atom. The minimum Gasteiger partial charge on any atom is -0.429 e. The number of hydrogen-bond acceptors (Lipinski definition) is 6. The first-order chi connectivity index (χ1) is 16.9. The summed E-state index contributed by atoms with van der Waals surface area (Å²) in [6.07, 6.45) is 13.3. The number of aromatic nitrogens is 8. The van der Waals surface area contributed by atoms with E-state index in [-0.39, 0.29) is 21.1 Å². The van der Waals surface area contributed by atoms with Gasteiger partial charge in [-0.1, -0.05) is 49.5 Å². The molecule has 0 unspecified atom stereocenters. The quantitative estimate of drug-likeness (QED) is 0.261. The molecule has 6 aromatic rings. The van der Waals surface area contributed by atoms with Crippen LogP contribution >= 0.6 is 0 Å². The Morgan fingerprint density at radius 3 is 1.47 bits per heavy atom. The van der Waals surface area contributed by atoms with Crippen LogP contribution in [0.4, 0.5) is 0 Å². The molecule has 0 aliphatic heterocycles. The van der Waals surface area contributed by atoms with Gasteiger partial charge in [0.15, 0.2) is 0 Å². The molecule has 0 fully saturated rings. The Labute approximate surface area is 222 Å². The SMILES string of the molecule is Cc1c2nccnc2[c-]n1-c1cccc(C(C)(C)c2cccc(-n3[c-]c4nccnc4c3C)n2)n1.[Pt+2]. The average molecular weight is 654 g/mol. The second kappa shape index (κ2) is 9.03. The number of nitrogens with zero attached hydrogens (tertiary/aromatic N) is 8. The van der Waals surface area contributed by atoms with Crippen LogP contribution < -0.4 is 0 Å². The van der Waals surface area contributed by atoms with E-state index in [1.807, 2.05) is 59.4 Å². The van der Waals surface area contributed by atoms with E-state index in [9.17, 15) is 0 Å². The number of aryl methyl sites for hydroxylation is 2. The van der Waals surface area contributed by atoms with Gasteiger partial charge in [0.05, 0.1) is 11.6 Å². The van der Waals surface area contributed by atoms with Crippen molar-refractivity contribution in [2.45, 2.75) is 33.1 Å². The summed E-state index contributed by atoms with van der Waals surface area (Å²) in [5, 5.41) is 0. The molecule has 8 nitrogen and oxygen atoms in total. The van der Waals surface area contributed by atoms with Gasteiger partial charge < -0.3 is 19.1 Å². The molecular formula is C27H22N8Pt.